The number of phenolic OH excluding ortho intramolecular Hbond substituents is 1. The van der Waals surface area contributed by atoms with E-state index in [1.165, 1.54) is 7.11 Å². The second-order valence-corrected chi connectivity index (χ2v) is 6.83. The Labute approximate surface area is 160 Å². The van der Waals surface area contributed by atoms with E-state index >= 15 is 0 Å². The zero-order valence-electron chi connectivity index (χ0n) is 15.9. The first-order chi connectivity index (χ1) is 13.0. The van der Waals surface area contributed by atoms with Gasteiger partial charge in [-0.25, -0.2) is 0 Å². The number of hydrogen-bond donors (Lipinski definition) is 2. The maximum absolute atomic E-state index is 12.1. The summed E-state index contributed by atoms with van der Waals surface area (Å²) in [7, 11) is 5.44. The first-order valence-electron chi connectivity index (χ1n) is 8.86. The Morgan fingerprint density at radius 2 is 1.37 bits per heavy atom. The molecule has 4 nitrogen and oxygen atoms in total. The molecule has 27 heavy (non-hydrogen) atoms. The van der Waals surface area contributed by atoms with Crippen molar-refractivity contribution >= 4 is 0 Å². The van der Waals surface area contributed by atoms with Crippen LogP contribution in [-0.2, 0) is 12.1 Å². The van der Waals surface area contributed by atoms with Crippen molar-refractivity contribution in [2.45, 2.75) is 12.1 Å². The predicted molar refractivity (Wildman–Crippen MR) is 107 cm³/mol. The van der Waals surface area contributed by atoms with E-state index < -0.39 is 5.60 Å². The van der Waals surface area contributed by atoms with E-state index in [2.05, 4.69) is 0 Å². The molecule has 3 aromatic carbocycles. The number of ether oxygens (including phenoxy) is 1. The van der Waals surface area contributed by atoms with Crippen LogP contribution in [0.15, 0.2) is 72.8 Å². The minimum absolute atomic E-state index is 0.000272. The van der Waals surface area contributed by atoms with Gasteiger partial charge in [-0.1, -0.05) is 66.7 Å². The minimum Gasteiger partial charge on any atom is -0.504 e. The van der Waals surface area contributed by atoms with E-state index in [4.69, 9.17) is 4.74 Å². The molecule has 3 aromatic rings. The summed E-state index contributed by atoms with van der Waals surface area (Å²) in [6.07, 6.45) is 0. The summed E-state index contributed by atoms with van der Waals surface area (Å²) in [5, 5.41) is 22.6. The fourth-order valence-corrected chi connectivity index (χ4v) is 3.50. The van der Waals surface area contributed by atoms with Gasteiger partial charge in [0.25, 0.3) is 0 Å². The maximum Gasteiger partial charge on any atom is 0.167 e. The lowest BCUT2D eigenvalue weighted by molar-refractivity contribution is 0.119. The number of rotatable bonds is 6. The number of aromatic hydroxyl groups is 1. The summed E-state index contributed by atoms with van der Waals surface area (Å²) >= 11 is 0. The number of phenols is 1. The van der Waals surface area contributed by atoms with E-state index in [1.807, 2.05) is 85.7 Å². The molecule has 3 rings (SSSR count). The molecule has 0 unspecified atom stereocenters. The molecule has 0 spiro atoms. The van der Waals surface area contributed by atoms with Gasteiger partial charge in [-0.3, -0.25) is 0 Å². The van der Waals surface area contributed by atoms with Crippen LogP contribution in [0.1, 0.15) is 22.3 Å². The molecular weight excluding hydrogens is 338 g/mol. The van der Waals surface area contributed by atoms with Crippen LogP contribution in [-0.4, -0.2) is 36.3 Å². The Morgan fingerprint density at radius 1 is 0.852 bits per heavy atom. The number of aliphatic hydroxyl groups is 1. The summed E-state index contributed by atoms with van der Waals surface area (Å²) in [6.45, 7) is 0.591. The van der Waals surface area contributed by atoms with Crippen molar-refractivity contribution in [2.24, 2.45) is 0 Å². The Bertz CT molecular complexity index is 853. The van der Waals surface area contributed by atoms with Crippen LogP contribution >= 0.6 is 0 Å². The molecule has 0 aromatic heterocycles. The van der Waals surface area contributed by atoms with Crippen molar-refractivity contribution in [3.63, 3.8) is 0 Å². The second kappa shape index (κ2) is 7.82. The van der Waals surface area contributed by atoms with Crippen LogP contribution in [0.5, 0.6) is 11.5 Å². The molecular formula is C23H25NO3. The summed E-state index contributed by atoms with van der Waals surface area (Å²) in [5.41, 5.74) is 1.37. The third-order valence-electron chi connectivity index (χ3n) is 4.66. The molecule has 0 radical (unpaired) electrons. The largest absolute Gasteiger partial charge is 0.504 e. The lowest BCUT2D eigenvalue weighted by Gasteiger charge is -2.34. The molecule has 140 valence electrons. The average Bonchev–Trinajstić information content (AvgIpc) is 2.69. The molecule has 0 aliphatic heterocycles. The molecule has 0 saturated carbocycles. The summed E-state index contributed by atoms with van der Waals surface area (Å²) < 4.78 is 5.56. The smallest absolute Gasteiger partial charge is 0.167 e. The van der Waals surface area contributed by atoms with E-state index in [-0.39, 0.29) is 11.5 Å². The van der Waals surface area contributed by atoms with Gasteiger partial charge in [-0.15, -0.1) is 0 Å². The zero-order chi connectivity index (χ0) is 19.4. The van der Waals surface area contributed by atoms with Gasteiger partial charge in [0.2, 0.25) is 0 Å². The zero-order valence-corrected chi connectivity index (χ0v) is 15.9. The number of methoxy groups -OCH3 is 1. The molecule has 0 saturated heterocycles. The molecule has 0 aliphatic rings. The monoisotopic (exact) mass is 363 g/mol. The van der Waals surface area contributed by atoms with E-state index in [0.29, 0.717) is 23.2 Å². The third-order valence-corrected chi connectivity index (χ3v) is 4.66. The molecule has 0 bridgehead atoms. The molecule has 0 aliphatic carbocycles. The highest BCUT2D eigenvalue weighted by Gasteiger charge is 2.39. The van der Waals surface area contributed by atoms with Crippen LogP contribution in [0.4, 0.5) is 0 Å². The second-order valence-electron chi connectivity index (χ2n) is 6.83. The van der Waals surface area contributed by atoms with Crippen molar-refractivity contribution < 1.29 is 14.9 Å². The standard InChI is InChI=1S/C23H25NO3/c1-24(2)16-17-14-15-20(25)22(27-3)21(17)23(26,18-10-6-4-7-11-18)19-12-8-5-9-13-19/h4-15,25-26H,16H2,1-3H3. The van der Waals surface area contributed by atoms with Crippen LogP contribution in [0.3, 0.4) is 0 Å². The normalized spacial score (nSPS) is 11.6. The maximum atomic E-state index is 12.1. The van der Waals surface area contributed by atoms with Crippen molar-refractivity contribution in [2.75, 3.05) is 21.2 Å². The van der Waals surface area contributed by atoms with Gasteiger partial charge < -0.3 is 19.8 Å². The number of benzene rings is 3. The van der Waals surface area contributed by atoms with Crippen LogP contribution in [0, 0.1) is 0 Å². The highest BCUT2D eigenvalue weighted by Crippen LogP contribution is 2.46. The topological polar surface area (TPSA) is 52.9 Å². The molecule has 4 heteroatoms. The molecule has 0 fully saturated rings. The Kier molecular flexibility index (Phi) is 5.49. The fourth-order valence-electron chi connectivity index (χ4n) is 3.50. The lowest BCUT2D eigenvalue weighted by Crippen LogP contribution is -2.31. The van der Waals surface area contributed by atoms with Crippen LogP contribution in [0.25, 0.3) is 0 Å². The highest BCUT2D eigenvalue weighted by atomic mass is 16.5. The fraction of sp³-hybridized carbons (Fsp3) is 0.217. The van der Waals surface area contributed by atoms with Crippen LogP contribution in [0.2, 0.25) is 0 Å². The Balaban J connectivity index is 2.39. The quantitative estimate of drug-likeness (QED) is 0.655. The van der Waals surface area contributed by atoms with Crippen molar-refractivity contribution in [3.05, 3.63) is 95.1 Å². The number of nitrogens with zero attached hydrogens (tertiary/aromatic N) is 1. The Morgan fingerprint density at radius 3 is 1.81 bits per heavy atom. The summed E-state index contributed by atoms with van der Waals surface area (Å²) in [4.78, 5) is 2.02. The van der Waals surface area contributed by atoms with E-state index in [9.17, 15) is 10.2 Å². The summed E-state index contributed by atoms with van der Waals surface area (Å²) in [6, 6.07) is 22.4. The van der Waals surface area contributed by atoms with Crippen LogP contribution < -0.4 is 4.74 Å². The minimum atomic E-state index is -1.47. The first-order valence-corrected chi connectivity index (χ1v) is 8.86. The van der Waals surface area contributed by atoms with Gasteiger partial charge in [0.1, 0.15) is 5.60 Å². The SMILES string of the molecule is COc1c(O)ccc(CN(C)C)c1C(O)(c1ccccc1)c1ccccc1. The molecule has 0 heterocycles. The number of hydrogen-bond acceptors (Lipinski definition) is 4. The molecule has 0 atom stereocenters. The van der Waals surface area contributed by atoms with Crippen molar-refractivity contribution in [1.82, 2.24) is 4.90 Å². The predicted octanol–water partition coefficient (Wildman–Crippen LogP) is 3.75. The van der Waals surface area contributed by atoms with Gasteiger partial charge in [-0.05, 0) is 36.9 Å². The van der Waals surface area contributed by atoms with Gasteiger partial charge in [-0.2, -0.15) is 0 Å². The van der Waals surface area contributed by atoms with Gasteiger partial charge in [0.15, 0.2) is 11.5 Å². The third kappa shape index (κ3) is 3.54. The van der Waals surface area contributed by atoms with Gasteiger partial charge in [0, 0.05) is 12.1 Å². The summed E-state index contributed by atoms with van der Waals surface area (Å²) in [5.74, 6) is 0.282. The van der Waals surface area contributed by atoms with Crippen molar-refractivity contribution in [3.8, 4) is 11.5 Å². The van der Waals surface area contributed by atoms with Gasteiger partial charge in [0.05, 0.1) is 7.11 Å². The molecule has 2 N–H and O–H groups in total. The van der Waals surface area contributed by atoms with E-state index in [0.717, 1.165) is 5.56 Å². The Hall–Kier alpha value is -2.82. The van der Waals surface area contributed by atoms with E-state index in [1.54, 1.807) is 6.07 Å². The highest BCUT2D eigenvalue weighted by molar-refractivity contribution is 5.60. The average molecular weight is 363 g/mol. The first kappa shape index (κ1) is 19.0. The lowest BCUT2D eigenvalue weighted by atomic mass is 9.77. The molecule has 0 amide bonds. The van der Waals surface area contributed by atoms with Crippen molar-refractivity contribution in [1.29, 1.82) is 0 Å². The van der Waals surface area contributed by atoms with Gasteiger partial charge >= 0.3 is 0 Å².